The molecule has 0 aliphatic heterocycles. The van der Waals surface area contributed by atoms with Gasteiger partial charge in [0.05, 0.1) is 6.54 Å². The van der Waals surface area contributed by atoms with Crippen LogP contribution in [0.25, 0.3) is 0 Å². The second-order valence-electron chi connectivity index (χ2n) is 3.87. The molecule has 100 valence electrons. The van der Waals surface area contributed by atoms with E-state index in [9.17, 15) is 9.18 Å². The number of nitrogens with zero attached hydrogens (tertiary/aromatic N) is 3. The summed E-state index contributed by atoms with van der Waals surface area (Å²) >= 11 is 3.15. The van der Waals surface area contributed by atoms with Crippen LogP contribution in [0.1, 0.15) is 23.1 Å². The largest absolute Gasteiger partial charge is 0.345 e. The van der Waals surface area contributed by atoms with Gasteiger partial charge in [-0.05, 0) is 25.1 Å². The molecule has 0 aliphatic rings. The maximum absolute atomic E-state index is 13.2. The molecule has 7 heteroatoms. The summed E-state index contributed by atoms with van der Waals surface area (Å²) in [6.07, 6.45) is 1.60. The monoisotopic (exact) mass is 326 g/mol. The number of benzene rings is 1. The van der Waals surface area contributed by atoms with Gasteiger partial charge in [-0.1, -0.05) is 15.9 Å². The molecular weight excluding hydrogens is 315 g/mol. The fourth-order valence-electron chi connectivity index (χ4n) is 1.63. The van der Waals surface area contributed by atoms with Gasteiger partial charge in [0.25, 0.3) is 5.91 Å². The molecule has 1 N–H and O–H groups in total. The molecular formula is C12H12BrFN4O. The van der Waals surface area contributed by atoms with Crippen molar-refractivity contribution in [3.05, 3.63) is 46.2 Å². The van der Waals surface area contributed by atoms with Crippen LogP contribution in [0.5, 0.6) is 0 Å². The predicted octanol–water partition coefficient (Wildman–Crippen LogP) is 2.13. The number of aromatic nitrogens is 3. The second-order valence-corrected chi connectivity index (χ2v) is 4.79. The van der Waals surface area contributed by atoms with E-state index in [4.69, 9.17) is 0 Å². The van der Waals surface area contributed by atoms with Crippen molar-refractivity contribution < 1.29 is 9.18 Å². The van der Waals surface area contributed by atoms with E-state index >= 15 is 0 Å². The summed E-state index contributed by atoms with van der Waals surface area (Å²) in [4.78, 5) is 11.9. The van der Waals surface area contributed by atoms with E-state index < -0.39 is 5.82 Å². The van der Waals surface area contributed by atoms with Crippen molar-refractivity contribution in [3.8, 4) is 0 Å². The van der Waals surface area contributed by atoms with E-state index in [2.05, 4.69) is 31.4 Å². The van der Waals surface area contributed by atoms with E-state index in [1.807, 2.05) is 11.5 Å². The number of nitrogens with one attached hydrogen (secondary N) is 1. The zero-order chi connectivity index (χ0) is 13.8. The molecule has 0 radical (unpaired) electrons. The Morgan fingerprint density at radius 1 is 1.47 bits per heavy atom. The fourth-order valence-corrected chi connectivity index (χ4v) is 2.09. The van der Waals surface area contributed by atoms with E-state index in [1.54, 1.807) is 12.4 Å². The lowest BCUT2D eigenvalue weighted by molar-refractivity contribution is 0.0949. The summed E-state index contributed by atoms with van der Waals surface area (Å²) in [5.74, 6) is -0.159. The molecule has 5 nitrogen and oxygen atoms in total. The van der Waals surface area contributed by atoms with Crippen LogP contribution < -0.4 is 5.32 Å². The lowest BCUT2D eigenvalue weighted by atomic mass is 10.2. The van der Waals surface area contributed by atoms with Crippen molar-refractivity contribution in [2.75, 3.05) is 0 Å². The smallest absolute Gasteiger partial charge is 0.251 e. The average Bonchev–Trinajstić information content (AvgIpc) is 2.82. The molecule has 0 atom stereocenters. The van der Waals surface area contributed by atoms with Gasteiger partial charge in [0.2, 0.25) is 0 Å². The van der Waals surface area contributed by atoms with E-state index in [0.29, 0.717) is 10.3 Å². The SMILES string of the molecule is CCn1cnnc1CNC(=O)c1cc(F)cc(Br)c1. The number of carbonyl (C=O) groups is 1. The molecule has 1 heterocycles. The van der Waals surface area contributed by atoms with Gasteiger partial charge in [-0.3, -0.25) is 4.79 Å². The molecule has 0 fully saturated rings. The zero-order valence-electron chi connectivity index (χ0n) is 10.2. The minimum absolute atomic E-state index is 0.251. The van der Waals surface area contributed by atoms with Crippen LogP contribution in [-0.2, 0) is 13.1 Å². The van der Waals surface area contributed by atoms with Crippen molar-refractivity contribution in [2.24, 2.45) is 0 Å². The highest BCUT2D eigenvalue weighted by Crippen LogP contribution is 2.14. The average molecular weight is 327 g/mol. The third-order valence-corrected chi connectivity index (χ3v) is 3.03. The summed E-state index contributed by atoms with van der Waals surface area (Å²) in [5.41, 5.74) is 0.259. The number of carbonyl (C=O) groups excluding carboxylic acids is 1. The van der Waals surface area contributed by atoms with Crippen molar-refractivity contribution in [1.29, 1.82) is 0 Å². The van der Waals surface area contributed by atoms with Gasteiger partial charge in [-0.2, -0.15) is 0 Å². The molecule has 0 saturated heterocycles. The molecule has 1 aromatic carbocycles. The number of aryl methyl sites for hydroxylation is 1. The quantitative estimate of drug-likeness (QED) is 0.936. The number of halogens is 2. The molecule has 1 aromatic heterocycles. The minimum Gasteiger partial charge on any atom is -0.345 e. The van der Waals surface area contributed by atoms with Crippen LogP contribution in [0.2, 0.25) is 0 Å². The molecule has 2 rings (SSSR count). The molecule has 2 aromatic rings. The third-order valence-electron chi connectivity index (χ3n) is 2.57. The molecule has 19 heavy (non-hydrogen) atoms. The predicted molar refractivity (Wildman–Crippen MR) is 71.0 cm³/mol. The molecule has 0 aliphatic carbocycles. The summed E-state index contributed by atoms with van der Waals surface area (Å²) in [7, 11) is 0. The van der Waals surface area contributed by atoms with E-state index in [1.165, 1.54) is 12.1 Å². The van der Waals surface area contributed by atoms with Crippen molar-refractivity contribution in [3.63, 3.8) is 0 Å². The third kappa shape index (κ3) is 3.37. The Morgan fingerprint density at radius 3 is 2.95 bits per heavy atom. The first-order valence-electron chi connectivity index (χ1n) is 5.71. The van der Waals surface area contributed by atoms with Gasteiger partial charge in [0.1, 0.15) is 12.1 Å². The molecule has 1 amide bonds. The molecule has 0 bridgehead atoms. The summed E-state index contributed by atoms with van der Waals surface area (Å²) in [6.45, 7) is 2.93. The first kappa shape index (κ1) is 13.7. The Bertz CT molecular complexity index is 579. The first-order valence-corrected chi connectivity index (χ1v) is 6.50. The van der Waals surface area contributed by atoms with E-state index in [-0.39, 0.29) is 18.0 Å². The van der Waals surface area contributed by atoms with Gasteiger partial charge in [0.15, 0.2) is 5.82 Å². The highest BCUT2D eigenvalue weighted by molar-refractivity contribution is 9.10. The summed E-state index contributed by atoms with van der Waals surface area (Å²) in [5, 5.41) is 10.3. The highest BCUT2D eigenvalue weighted by Gasteiger charge is 2.10. The number of hydrogen-bond donors (Lipinski definition) is 1. The Hall–Kier alpha value is -1.76. The topological polar surface area (TPSA) is 59.8 Å². The summed E-state index contributed by atoms with van der Waals surface area (Å²) < 4.78 is 15.5. The van der Waals surface area contributed by atoms with Crippen LogP contribution in [-0.4, -0.2) is 20.7 Å². The molecule has 0 unspecified atom stereocenters. The fraction of sp³-hybridized carbons (Fsp3) is 0.250. The zero-order valence-corrected chi connectivity index (χ0v) is 11.8. The Morgan fingerprint density at radius 2 is 2.26 bits per heavy atom. The van der Waals surface area contributed by atoms with Crippen molar-refractivity contribution in [2.45, 2.75) is 20.0 Å². The molecule has 0 spiro atoms. The normalized spacial score (nSPS) is 10.5. The van der Waals surface area contributed by atoms with Crippen molar-refractivity contribution >= 4 is 21.8 Å². The highest BCUT2D eigenvalue weighted by atomic mass is 79.9. The Labute approximate surface area is 118 Å². The lowest BCUT2D eigenvalue weighted by Crippen LogP contribution is -2.24. The second kappa shape index (κ2) is 5.92. The maximum Gasteiger partial charge on any atom is 0.251 e. The van der Waals surface area contributed by atoms with Gasteiger partial charge >= 0.3 is 0 Å². The lowest BCUT2D eigenvalue weighted by Gasteiger charge is -2.06. The van der Waals surface area contributed by atoms with Crippen molar-refractivity contribution in [1.82, 2.24) is 20.1 Å². The summed E-state index contributed by atoms with van der Waals surface area (Å²) in [6, 6.07) is 4.04. The first-order chi connectivity index (χ1) is 9.10. The van der Waals surface area contributed by atoms with Crippen LogP contribution in [0.4, 0.5) is 4.39 Å². The Kier molecular flexibility index (Phi) is 4.26. The van der Waals surface area contributed by atoms with Gasteiger partial charge < -0.3 is 9.88 Å². The van der Waals surface area contributed by atoms with Crippen LogP contribution in [0.3, 0.4) is 0 Å². The van der Waals surface area contributed by atoms with Gasteiger partial charge in [-0.15, -0.1) is 10.2 Å². The van der Waals surface area contributed by atoms with Crippen LogP contribution in [0.15, 0.2) is 29.0 Å². The number of rotatable bonds is 4. The van der Waals surface area contributed by atoms with Gasteiger partial charge in [-0.25, -0.2) is 4.39 Å². The number of amides is 1. The Balaban J connectivity index is 2.05. The maximum atomic E-state index is 13.2. The standard InChI is InChI=1S/C12H12BrFN4O/c1-2-18-7-16-17-11(18)6-15-12(19)8-3-9(13)5-10(14)4-8/h3-5,7H,2,6H2,1H3,(H,15,19). The van der Waals surface area contributed by atoms with Crippen LogP contribution in [0, 0.1) is 5.82 Å². The van der Waals surface area contributed by atoms with Gasteiger partial charge in [0, 0.05) is 16.6 Å². The number of hydrogen-bond acceptors (Lipinski definition) is 3. The van der Waals surface area contributed by atoms with E-state index in [0.717, 1.165) is 6.54 Å². The minimum atomic E-state index is -0.462. The van der Waals surface area contributed by atoms with Crippen LogP contribution >= 0.6 is 15.9 Å². The molecule has 0 saturated carbocycles.